The molecular formula is C15H21BrClFN2. The van der Waals surface area contributed by atoms with Gasteiger partial charge in [0.1, 0.15) is 5.82 Å². The quantitative estimate of drug-likeness (QED) is 0.864. The first-order valence-electron chi connectivity index (χ1n) is 7.04. The maximum Gasteiger partial charge on any atom is 0.127 e. The predicted molar refractivity (Wildman–Crippen MR) is 85.8 cm³/mol. The molecule has 0 bridgehead atoms. The van der Waals surface area contributed by atoms with Gasteiger partial charge in [-0.25, -0.2) is 4.39 Å². The lowest BCUT2D eigenvalue weighted by molar-refractivity contribution is 0.193. The van der Waals surface area contributed by atoms with Gasteiger partial charge in [0.05, 0.1) is 0 Å². The molecule has 0 atom stereocenters. The molecule has 1 N–H and O–H groups in total. The Kier molecular flexibility index (Phi) is 5.46. The lowest BCUT2D eigenvalue weighted by atomic mass is 9.78. The summed E-state index contributed by atoms with van der Waals surface area (Å²) in [4.78, 5) is 2.41. The summed E-state index contributed by atoms with van der Waals surface area (Å²) in [7, 11) is 0. The van der Waals surface area contributed by atoms with Gasteiger partial charge in [0.25, 0.3) is 0 Å². The van der Waals surface area contributed by atoms with Crippen molar-refractivity contribution in [2.24, 2.45) is 5.41 Å². The van der Waals surface area contributed by atoms with E-state index in [1.54, 1.807) is 12.1 Å². The van der Waals surface area contributed by atoms with Crippen LogP contribution in [0.3, 0.4) is 0 Å². The zero-order valence-corrected chi connectivity index (χ0v) is 13.9. The molecule has 5 heteroatoms. The van der Waals surface area contributed by atoms with Crippen LogP contribution in [0, 0.1) is 11.2 Å². The molecule has 1 aromatic carbocycles. The number of nitrogens with zero attached hydrogens (tertiary/aromatic N) is 1. The highest BCUT2D eigenvalue weighted by Crippen LogP contribution is 2.39. The van der Waals surface area contributed by atoms with E-state index in [1.807, 2.05) is 6.07 Å². The first-order chi connectivity index (χ1) is 9.17. The number of piperidine rings is 1. The van der Waals surface area contributed by atoms with Crippen molar-refractivity contribution in [3.8, 4) is 0 Å². The van der Waals surface area contributed by atoms with Crippen LogP contribution in [-0.2, 0) is 6.54 Å². The normalized spacial score (nSPS) is 21.9. The van der Waals surface area contributed by atoms with E-state index in [0.29, 0.717) is 5.41 Å². The van der Waals surface area contributed by atoms with Gasteiger partial charge in [-0.1, -0.05) is 15.9 Å². The Morgan fingerprint density at radius 2 is 2.00 bits per heavy atom. The van der Waals surface area contributed by atoms with Crippen molar-refractivity contribution in [2.45, 2.75) is 25.8 Å². The molecule has 0 radical (unpaired) electrons. The van der Waals surface area contributed by atoms with Crippen LogP contribution in [0.2, 0.25) is 0 Å². The van der Waals surface area contributed by atoms with Gasteiger partial charge in [-0.15, -0.1) is 12.4 Å². The molecule has 2 aliphatic rings. The molecule has 1 spiro atoms. The molecule has 3 rings (SSSR count). The number of hydrogen-bond donors (Lipinski definition) is 1. The summed E-state index contributed by atoms with van der Waals surface area (Å²) in [6.45, 7) is 5.24. The summed E-state index contributed by atoms with van der Waals surface area (Å²) < 4.78 is 14.8. The molecule has 2 nitrogen and oxygen atoms in total. The van der Waals surface area contributed by atoms with Gasteiger partial charge in [0.15, 0.2) is 0 Å². The Hall–Kier alpha value is -0.160. The van der Waals surface area contributed by atoms with E-state index in [2.05, 4.69) is 26.1 Å². The van der Waals surface area contributed by atoms with E-state index < -0.39 is 0 Å². The monoisotopic (exact) mass is 362 g/mol. The summed E-state index contributed by atoms with van der Waals surface area (Å²) in [5, 5.41) is 3.43. The van der Waals surface area contributed by atoms with Gasteiger partial charge in [-0.2, -0.15) is 0 Å². The van der Waals surface area contributed by atoms with Crippen molar-refractivity contribution in [3.05, 3.63) is 34.1 Å². The minimum absolute atomic E-state index is 0. The Bertz CT molecular complexity index is 463. The number of benzene rings is 1. The van der Waals surface area contributed by atoms with E-state index in [9.17, 15) is 4.39 Å². The van der Waals surface area contributed by atoms with E-state index in [-0.39, 0.29) is 18.2 Å². The molecule has 0 unspecified atom stereocenters. The fraction of sp³-hybridized carbons (Fsp3) is 0.600. The van der Waals surface area contributed by atoms with Crippen LogP contribution in [0.1, 0.15) is 24.8 Å². The largest absolute Gasteiger partial charge is 0.317 e. The van der Waals surface area contributed by atoms with Gasteiger partial charge >= 0.3 is 0 Å². The van der Waals surface area contributed by atoms with Crippen LogP contribution >= 0.6 is 28.3 Å². The maximum absolute atomic E-state index is 13.8. The van der Waals surface area contributed by atoms with Crippen LogP contribution in [0.5, 0.6) is 0 Å². The molecule has 0 aliphatic carbocycles. The maximum atomic E-state index is 13.8. The third-order valence-corrected chi connectivity index (χ3v) is 5.08. The molecular weight excluding hydrogens is 343 g/mol. The summed E-state index contributed by atoms with van der Waals surface area (Å²) in [5.41, 5.74) is 1.30. The Morgan fingerprint density at radius 3 is 2.75 bits per heavy atom. The van der Waals surface area contributed by atoms with Gasteiger partial charge in [0, 0.05) is 23.1 Å². The first-order valence-corrected chi connectivity index (χ1v) is 7.83. The summed E-state index contributed by atoms with van der Waals surface area (Å²) >= 11 is 3.42. The van der Waals surface area contributed by atoms with Crippen LogP contribution < -0.4 is 5.32 Å². The molecule has 0 saturated carbocycles. The molecule has 2 saturated heterocycles. The minimum Gasteiger partial charge on any atom is -0.317 e. The fourth-order valence-electron chi connectivity index (χ4n) is 3.43. The molecule has 20 heavy (non-hydrogen) atoms. The van der Waals surface area contributed by atoms with Gasteiger partial charge in [0.2, 0.25) is 0 Å². The zero-order valence-electron chi connectivity index (χ0n) is 11.5. The molecule has 2 fully saturated rings. The molecule has 2 heterocycles. The number of hydrogen-bond acceptors (Lipinski definition) is 2. The third kappa shape index (κ3) is 3.53. The number of likely N-dealkylation sites (tertiary alicyclic amines) is 1. The standard InChI is InChI=1S/C15H20BrFN2.ClH/c16-13-1-2-14(17)12(9-13)10-19-8-5-15(11-19)3-6-18-7-4-15;/h1-2,9,18H,3-8,10-11H2;1H. The third-order valence-electron chi connectivity index (χ3n) is 4.58. The SMILES string of the molecule is Cl.Fc1ccc(Br)cc1CN1CCC2(CCNCC2)C1. The van der Waals surface area contributed by atoms with E-state index in [1.165, 1.54) is 19.3 Å². The van der Waals surface area contributed by atoms with Crippen molar-refractivity contribution >= 4 is 28.3 Å². The summed E-state index contributed by atoms with van der Waals surface area (Å²) in [6, 6.07) is 5.22. The van der Waals surface area contributed by atoms with Gasteiger partial charge < -0.3 is 5.32 Å². The Labute approximate surface area is 134 Å². The highest BCUT2D eigenvalue weighted by molar-refractivity contribution is 9.10. The van der Waals surface area contributed by atoms with Crippen LogP contribution in [-0.4, -0.2) is 31.1 Å². The van der Waals surface area contributed by atoms with E-state index in [0.717, 1.165) is 42.8 Å². The van der Waals surface area contributed by atoms with Crippen molar-refractivity contribution in [1.82, 2.24) is 10.2 Å². The van der Waals surface area contributed by atoms with Gasteiger partial charge in [-0.3, -0.25) is 4.90 Å². The average Bonchev–Trinajstić information content (AvgIpc) is 2.78. The van der Waals surface area contributed by atoms with E-state index in [4.69, 9.17) is 0 Å². The lowest BCUT2D eigenvalue weighted by Crippen LogP contribution is -2.38. The zero-order chi connectivity index (χ0) is 13.3. The molecule has 112 valence electrons. The Morgan fingerprint density at radius 1 is 1.25 bits per heavy atom. The lowest BCUT2D eigenvalue weighted by Gasteiger charge is -2.34. The van der Waals surface area contributed by atoms with Crippen molar-refractivity contribution in [3.63, 3.8) is 0 Å². The van der Waals surface area contributed by atoms with Gasteiger partial charge in [-0.05, 0) is 62.5 Å². The van der Waals surface area contributed by atoms with Crippen LogP contribution in [0.15, 0.2) is 22.7 Å². The number of rotatable bonds is 2. The highest BCUT2D eigenvalue weighted by Gasteiger charge is 2.38. The number of halogens is 3. The topological polar surface area (TPSA) is 15.3 Å². The fourth-order valence-corrected chi connectivity index (χ4v) is 3.84. The smallest absolute Gasteiger partial charge is 0.127 e. The van der Waals surface area contributed by atoms with Crippen LogP contribution in [0.25, 0.3) is 0 Å². The predicted octanol–water partition coefficient (Wildman–Crippen LogP) is 3.59. The molecule has 2 aliphatic heterocycles. The van der Waals surface area contributed by atoms with Crippen molar-refractivity contribution in [2.75, 3.05) is 26.2 Å². The molecule has 0 amide bonds. The first kappa shape index (κ1) is 16.2. The Balaban J connectivity index is 0.00000147. The number of nitrogens with one attached hydrogen (secondary N) is 1. The second-order valence-electron chi connectivity index (χ2n) is 5.95. The summed E-state index contributed by atoms with van der Waals surface area (Å²) in [6.07, 6.45) is 3.80. The van der Waals surface area contributed by atoms with Crippen molar-refractivity contribution < 1.29 is 4.39 Å². The second-order valence-corrected chi connectivity index (χ2v) is 6.86. The molecule has 0 aromatic heterocycles. The minimum atomic E-state index is -0.0885. The van der Waals surface area contributed by atoms with Crippen LogP contribution in [0.4, 0.5) is 4.39 Å². The van der Waals surface area contributed by atoms with E-state index >= 15 is 0 Å². The average molecular weight is 364 g/mol. The highest BCUT2D eigenvalue weighted by atomic mass is 79.9. The van der Waals surface area contributed by atoms with Crippen molar-refractivity contribution in [1.29, 1.82) is 0 Å². The molecule has 1 aromatic rings. The summed E-state index contributed by atoms with van der Waals surface area (Å²) in [5.74, 6) is -0.0885. The second kappa shape index (κ2) is 6.73.